The second-order valence-corrected chi connectivity index (χ2v) is 3.47. The third-order valence-corrected chi connectivity index (χ3v) is 2.52. The van der Waals surface area contributed by atoms with E-state index in [-0.39, 0.29) is 17.0 Å². The third-order valence-electron chi connectivity index (χ3n) is 1.67. The van der Waals surface area contributed by atoms with Crippen molar-refractivity contribution in [1.29, 1.82) is 5.26 Å². The Kier molecular flexibility index (Phi) is 3.39. The van der Waals surface area contributed by atoms with Crippen LogP contribution in [0.15, 0.2) is 17.0 Å². The molecule has 0 unspecified atom stereocenters. The van der Waals surface area contributed by atoms with E-state index in [1.807, 2.05) is 6.07 Å². The number of benzene rings is 1. The standard InChI is InChI=1S/C9H6ClNO2S/c10-9-5(4-11)1-2-7(14)6(9)3-8(12)13/h1-2,14H,3H2,(H,12,13). The van der Waals surface area contributed by atoms with Gasteiger partial charge in [-0.1, -0.05) is 11.6 Å². The number of carboxylic acids is 1. The second kappa shape index (κ2) is 4.36. The van der Waals surface area contributed by atoms with Crippen LogP contribution in [-0.2, 0) is 11.2 Å². The number of carbonyl (C=O) groups is 1. The summed E-state index contributed by atoms with van der Waals surface area (Å²) < 4.78 is 0. The average Bonchev–Trinajstić information content (AvgIpc) is 2.12. The van der Waals surface area contributed by atoms with E-state index in [2.05, 4.69) is 12.6 Å². The minimum Gasteiger partial charge on any atom is -0.481 e. The predicted molar refractivity (Wildman–Crippen MR) is 54.8 cm³/mol. The molecule has 0 heterocycles. The molecule has 1 N–H and O–H groups in total. The summed E-state index contributed by atoms with van der Waals surface area (Å²) in [6.45, 7) is 0. The number of thiol groups is 1. The molecule has 14 heavy (non-hydrogen) atoms. The zero-order valence-corrected chi connectivity index (χ0v) is 8.64. The normalized spacial score (nSPS) is 9.50. The van der Waals surface area contributed by atoms with Gasteiger partial charge in [0.2, 0.25) is 0 Å². The van der Waals surface area contributed by atoms with Gasteiger partial charge in [0.25, 0.3) is 0 Å². The quantitative estimate of drug-likeness (QED) is 0.761. The molecule has 0 fully saturated rings. The van der Waals surface area contributed by atoms with Gasteiger partial charge in [-0.15, -0.1) is 12.6 Å². The maximum absolute atomic E-state index is 10.5. The van der Waals surface area contributed by atoms with Crippen molar-refractivity contribution in [1.82, 2.24) is 0 Å². The summed E-state index contributed by atoms with van der Waals surface area (Å²) in [7, 11) is 0. The summed E-state index contributed by atoms with van der Waals surface area (Å²) in [5.74, 6) is -1.00. The van der Waals surface area contributed by atoms with E-state index in [4.69, 9.17) is 22.0 Å². The average molecular weight is 228 g/mol. The number of hydrogen-bond acceptors (Lipinski definition) is 3. The second-order valence-electron chi connectivity index (χ2n) is 2.61. The van der Waals surface area contributed by atoms with Crippen LogP contribution in [0.25, 0.3) is 0 Å². The molecule has 0 aromatic heterocycles. The largest absolute Gasteiger partial charge is 0.481 e. The maximum Gasteiger partial charge on any atom is 0.307 e. The monoisotopic (exact) mass is 227 g/mol. The zero-order valence-electron chi connectivity index (χ0n) is 6.99. The molecular weight excluding hydrogens is 222 g/mol. The molecule has 0 saturated carbocycles. The van der Waals surface area contributed by atoms with Crippen molar-refractivity contribution >= 4 is 30.2 Å². The first-order valence-corrected chi connectivity index (χ1v) is 4.51. The Morgan fingerprint density at radius 2 is 2.29 bits per heavy atom. The third kappa shape index (κ3) is 2.19. The molecule has 0 spiro atoms. The van der Waals surface area contributed by atoms with Gasteiger partial charge in [0.1, 0.15) is 6.07 Å². The number of halogens is 1. The van der Waals surface area contributed by atoms with Gasteiger partial charge in [-0.05, 0) is 17.7 Å². The van der Waals surface area contributed by atoms with E-state index < -0.39 is 5.97 Å². The van der Waals surface area contributed by atoms with E-state index in [9.17, 15) is 4.79 Å². The molecule has 0 aliphatic carbocycles. The number of hydrogen-bond donors (Lipinski definition) is 2. The first-order chi connectivity index (χ1) is 6.56. The lowest BCUT2D eigenvalue weighted by Crippen LogP contribution is -2.02. The van der Waals surface area contributed by atoms with Crippen molar-refractivity contribution in [3.05, 3.63) is 28.3 Å². The number of nitriles is 1. The molecule has 0 radical (unpaired) electrons. The zero-order chi connectivity index (χ0) is 10.7. The lowest BCUT2D eigenvalue weighted by atomic mass is 10.1. The summed E-state index contributed by atoms with van der Waals surface area (Å²) >= 11 is 9.89. The van der Waals surface area contributed by atoms with E-state index >= 15 is 0 Å². The van der Waals surface area contributed by atoms with E-state index in [0.29, 0.717) is 10.5 Å². The van der Waals surface area contributed by atoms with Gasteiger partial charge < -0.3 is 5.11 Å². The molecule has 0 aliphatic heterocycles. The van der Waals surface area contributed by atoms with E-state index in [1.165, 1.54) is 6.07 Å². The minimum absolute atomic E-state index is 0.169. The maximum atomic E-state index is 10.5. The molecule has 1 aromatic rings. The molecule has 0 bridgehead atoms. The number of nitrogens with zero attached hydrogens (tertiary/aromatic N) is 1. The molecule has 5 heteroatoms. The Hall–Kier alpha value is -1.18. The summed E-state index contributed by atoms with van der Waals surface area (Å²) in [6.07, 6.45) is -0.229. The van der Waals surface area contributed by atoms with Gasteiger partial charge >= 0.3 is 5.97 Å². The first-order valence-electron chi connectivity index (χ1n) is 3.68. The van der Waals surface area contributed by atoms with E-state index in [1.54, 1.807) is 6.07 Å². The van der Waals surface area contributed by atoms with Gasteiger partial charge in [0.15, 0.2) is 0 Å². The number of rotatable bonds is 2. The molecule has 3 nitrogen and oxygen atoms in total. The Balaban J connectivity index is 3.27. The van der Waals surface area contributed by atoms with Crippen molar-refractivity contribution in [2.24, 2.45) is 0 Å². The van der Waals surface area contributed by atoms with Crippen LogP contribution in [0, 0.1) is 11.3 Å². The minimum atomic E-state index is -1.00. The Bertz CT molecular complexity index is 426. The van der Waals surface area contributed by atoms with Crippen LogP contribution in [0.5, 0.6) is 0 Å². The lowest BCUT2D eigenvalue weighted by molar-refractivity contribution is -0.136. The fourth-order valence-corrected chi connectivity index (χ4v) is 1.62. The van der Waals surface area contributed by atoms with Gasteiger partial charge in [-0.25, -0.2) is 0 Å². The van der Waals surface area contributed by atoms with Crippen LogP contribution < -0.4 is 0 Å². The Morgan fingerprint density at radius 3 is 2.79 bits per heavy atom. The van der Waals surface area contributed by atoms with Crippen molar-refractivity contribution in [3.8, 4) is 6.07 Å². The Morgan fingerprint density at radius 1 is 1.64 bits per heavy atom. The fraction of sp³-hybridized carbons (Fsp3) is 0.111. The van der Waals surface area contributed by atoms with Gasteiger partial charge in [0, 0.05) is 4.90 Å². The van der Waals surface area contributed by atoms with Crippen LogP contribution in [0.4, 0.5) is 0 Å². The highest BCUT2D eigenvalue weighted by Gasteiger charge is 2.12. The van der Waals surface area contributed by atoms with Crippen LogP contribution in [0.1, 0.15) is 11.1 Å². The smallest absolute Gasteiger partial charge is 0.307 e. The van der Waals surface area contributed by atoms with Crippen molar-refractivity contribution in [2.45, 2.75) is 11.3 Å². The van der Waals surface area contributed by atoms with E-state index in [0.717, 1.165) is 0 Å². The fourth-order valence-electron chi connectivity index (χ4n) is 1.02. The molecule has 1 aromatic carbocycles. The predicted octanol–water partition coefficient (Wildman–Crippen LogP) is 2.13. The van der Waals surface area contributed by atoms with Crippen LogP contribution in [0.3, 0.4) is 0 Å². The molecule has 0 aliphatic rings. The summed E-state index contributed by atoms with van der Waals surface area (Å²) in [5, 5.41) is 17.4. The summed E-state index contributed by atoms with van der Waals surface area (Å²) in [6, 6.07) is 4.95. The molecule has 0 atom stereocenters. The van der Waals surface area contributed by atoms with Crippen molar-refractivity contribution in [2.75, 3.05) is 0 Å². The number of aliphatic carboxylic acids is 1. The van der Waals surface area contributed by atoms with Crippen LogP contribution >= 0.6 is 24.2 Å². The summed E-state index contributed by atoms with van der Waals surface area (Å²) in [4.78, 5) is 11.0. The van der Waals surface area contributed by atoms with Crippen LogP contribution in [0.2, 0.25) is 5.02 Å². The molecule has 0 saturated heterocycles. The van der Waals surface area contributed by atoms with Crippen molar-refractivity contribution < 1.29 is 9.90 Å². The molecule has 72 valence electrons. The van der Waals surface area contributed by atoms with Crippen LogP contribution in [-0.4, -0.2) is 11.1 Å². The topological polar surface area (TPSA) is 61.1 Å². The summed E-state index contributed by atoms with van der Waals surface area (Å²) in [5.41, 5.74) is 0.641. The SMILES string of the molecule is N#Cc1ccc(S)c(CC(=O)O)c1Cl. The lowest BCUT2D eigenvalue weighted by Gasteiger charge is -2.05. The highest BCUT2D eigenvalue weighted by atomic mass is 35.5. The van der Waals surface area contributed by atoms with Gasteiger partial charge in [-0.2, -0.15) is 5.26 Å². The van der Waals surface area contributed by atoms with Gasteiger partial charge in [-0.3, -0.25) is 4.79 Å². The van der Waals surface area contributed by atoms with Crippen molar-refractivity contribution in [3.63, 3.8) is 0 Å². The highest BCUT2D eigenvalue weighted by Crippen LogP contribution is 2.27. The number of carboxylic acid groups (broad SMARTS) is 1. The first kappa shape index (κ1) is 10.9. The Labute approximate surface area is 91.3 Å². The molecule has 1 rings (SSSR count). The highest BCUT2D eigenvalue weighted by molar-refractivity contribution is 7.80. The molecular formula is C9H6ClNO2S. The molecule has 0 amide bonds. The van der Waals surface area contributed by atoms with Gasteiger partial charge in [0.05, 0.1) is 17.0 Å².